The van der Waals surface area contributed by atoms with E-state index in [0.717, 1.165) is 0 Å². The Balaban J connectivity index is 13.9. The molecule has 0 fully saturated rings. The van der Waals surface area contributed by atoms with Crippen LogP contribution in [0.25, 0.3) is 0 Å². The van der Waals surface area contributed by atoms with Gasteiger partial charge in [-0.25, -0.2) is 0 Å². The predicted molar refractivity (Wildman–Crippen MR) is 423 cm³/mol. The van der Waals surface area contributed by atoms with Gasteiger partial charge in [0.25, 0.3) is 0 Å². The second kappa shape index (κ2) is 51.4. The molecule has 0 atom stereocenters. The van der Waals surface area contributed by atoms with Crippen LogP contribution in [0, 0.1) is 88.8 Å². The van der Waals surface area contributed by atoms with E-state index in [0.29, 0.717) is 96.3 Å². The molecule has 96 heavy (non-hydrogen) atoms. The third kappa shape index (κ3) is 31.1. The van der Waals surface area contributed by atoms with Gasteiger partial charge in [-0.1, -0.05) is 0 Å². The maximum absolute atomic E-state index is 8.86. The molecule has 0 amide bonds. The van der Waals surface area contributed by atoms with Gasteiger partial charge in [-0.15, -0.1) is 0 Å². The topological polar surface area (TPSA) is 138 Å². The predicted octanol–water partition coefficient (Wildman–Crippen LogP) is 25.7. The van der Waals surface area contributed by atoms with Gasteiger partial charge in [-0.2, -0.15) is 0 Å². The standard InChI is InChI=1S/5C15H34O3P.Fe/c5*1-13(2)7-10-16-19(17-11-8-14(3)4)18-12-9-15(5)6;/h5*13-15,19H,7-12H2,1-6H3;/q5*+1;-5. The van der Waals surface area contributed by atoms with Crippen molar-refractivity contribution in [2.75, 3.05) is 99.1 Å². The molecule has 0 aromatic carbocycles. The third-order valence-electron chi connectivity index (χ3n) is 16.7. The molecule has 0 bridgehead atoms. The van der Waals surface area contributed by atoms with Crippen LogP contribution in [0.1, 0.15) is 304 Å². The van der Waals surface area contributed by atoms with E-state index in [1.54, 1.807) is 0 Å². The van der Waals surface area contributed by atoms with E-state index in [1.807, 2.05) is 0 Å². The Labute approximate surface area is 599 Å². The Hall–Kier alpha value is 2.07. The first-order valence-corrected chi connectivity index (χ1v) is 55.4. The fraction of sp³-hybridized carbons (Fsp3) is 1.00. The van der Waals surface area contributed by atoms with Crippen molar-refractivity contribution >= 4 is 33.2 Å². The summed E-state index contributed by atoms with van der Waals surface area (Å²) >= 11 is 0. The van der Waals surface area contributed by atoms with Crippen molar-refractivity contribution in [2.45, 2.75) is 304 Å². The fourth-order valence-corrected chi connectivity index (χ4v) is 125. The van der Waals surface area contributed by atoms with Crippen LogP contribution < -0.4 is 0 Å². The van der Waals surface area contributed by atoms with Gasteiger partial charge in [0.15, 0.2) is 0 Å². The van der Waals surface area contributed by atoms with Gasteiger partial charge in [0.1, 0.15) is 0 Å². The summed E-state index contributed by atoms with van der Waals surface area (Å²) in [6, 6.07) is 0. The molecule has 0 aliphatic rings. The van der Waals surface area contributed by atoms with Crippen molar-refractivity contribution in [3.63, 3.8) is 0 Å². The molecule has 0 aromatic heterocycles. The second-order valence-electron chi connectivity index (χ2n) is 33.7. The SMILES string of the molecule is CC(C)CCO[PH](OCCC(C)C)(OCCC(C)C)[Fe]([PH](OCCC(C)C)(OCCC(C)C)OCCC(C)C)([PH](OCCC(C)C)(OCCC(C)C)OCCC(C)C)([PH](OCCC(C)C)(OCCC(C)C)OCCC(C)C)[PH](OCCC(C)C)(OCCC(C)C)OCCC(C)C. The molecule has 0 spiro atoms. The summed E-state index contributed by atoms with van der Waals surface area (Å²) in [7, 11) is -6.90. The molecule has 0 N–H and O–H groups in total. The summed E-state index contributed by atoms with van der Waals surface area (Å²) in [5.41, 5.74) is 0. The van der Waals surface area contributed by atoms with E-state index in [-0.39, 0.29) is 188 Å². The molecule has 0 aromatic rings. The molecule has 0 heterocycles. The van der Waals surface area contributed by atoms with Crippen LogP contribution >= 0.6 is 33.2 Å². The van der Waals surface area contributed by atoms with E-state index < -0.39 is 42.7 Å². The van der Waals surface area contributed by atoms with Gasteiger partial charge < -0.3 is 0 Å². The summed E-state index contributed by atoms with van der Waals surface area (Å²) in [4.78, 5) is 0. The molecule has 0 saturated heterocycles. The van der Waals surface area contributed by atoms with Gasteiger partial charge in [-0.05, 0) is 0 Å². The van der Waals surface area contributed by atoms with E-state index >= 15 is 0 Å². The average molecular weight is 1520 g/mol. The molecule has 0 aliphatic heterocycles. The third-order valence-corrected chi connectivity index (χ3v) is 110. The Morgan fingerprint density at radius 1 is 0.135 bits per heavy atom. The molecule has 0 radical (unpaired) electrons. The van der Waals surface area contributed by atoms with Crippen LogP contribution in [0.4, 0.5) is 0 Å². The number of rotatable bonds is 65. The summed E-state index contributed by atoms with van der Waals surface area (Å²) in [5.74, 6) is 2.72. The Bertz CT molecular complexity index is 1390. The van der Waals surface area contributed by atoms with E-state index in [9.17, 15) is 0 Å². The summed E-state index contributed by atoms with van der Waals surface area (Å²) in [5, 5.41) is 0. The monoisotopic (exact) mass is 1520 g/mol. The molecule has 593 valence electrons. The normalized spacial score (nSPS) is 15.2. The van der Waals surface area contributed by atoms with Crippen molar-refractivity contribution in [2.24, 2.45) is 88.8 Å². The van der Waals surface area contributed by atoms with Gasteiger partial charge in [0, 0.05) is 0 Å². The Kier molecular flexibility index (Phi) is 52.5. The van der Waals surface area contributed by atoms with Crippen LogP contribution in [0.5, 0.6) is 0 Å². The number of hydrogen-bond donors (Lipinski definition) is 0. The first-order chi connectivity index (χ1) is 44.9. The molecule has 0 rings (SSSR count). The maximum atomic E-state index is 8.86. The van der Waals surface area contributed by atoms with Crippen LogP contribution in [0.2, 0.25) is 0 Å². The zero-order valence-electron chi connectivity index (χ0n) is 68.9. The zero-order valence-corrected chi connectivity index (χ0v) is 75.0. The Morgan fingerprint density at radius 3 is 0.250 bits per heavy atom. The zero-order chi connectivity index (χ0) is 73.4. The van der Waals surface area contributed by atoms with Crippen LogP contribution in [-0.2, 0) is 77.4 Å². The van der Waals surface area contributed by atoms with Crippen LogP contribution in [-0.4, -0.2) is 99.1 Å². The molecule has 15 nitrogen and oxygen atoms in total. The van der Waals surface area contributed by atoms with Crippen molar-refractivity contribution < 1.29 is 77.4 Å². The minimum atomic E-state index is -6.90. The van der Waals surface area contributed by atoms with E-state index in [1.165, 1.54) is 0 Å². The first kappa shape index (κ1) is 98.1. The van der Waals surface area contributed by atoms with Crippen LogP contribution in [0.3, 0.4) is 0 Å². The van der Waals surface area contributed by atoms with Crippen molar-refractivity contribution in [1.29, 1.82) is 0 Å². The van der Waals surface area contributed by atoms with Crippen LogP contribution in [0.15, 0.2) is 0 Å². The summed E-state index contributed by atoms with van der Waals surface area (Å²) in [6.45, 7) is 43.3. The quantitative estimate of drug-likeness (QED) is 0.0421. The molecule has 0 aliphatic carbocycles. The van der Waals surface area contributed by atoms with E-state index in [4.69, 9.17) is 67.9 Å². The van der Waals surface area contributed by atoms with Crippen molar-refractivity contribution in [1.82, 2.24) is 0 Å². The van der Waals surface area contributed by atoms with Gasteiger partial charge in [0.2, 0.25) is 0 Å². The van der Waals surface area contributed by atoms with Crippen molar-refractivity contribution in [3.8, 4) is 0 Å². The molecular weight excluding hydrogens is 1350 g/mol. The van der Waals surface area contributed by atoms with Crippen molar-refractivity contribution in [3.05, 3.63) is 0 Å². The number of hydrogen-bond acceptors (Lipinski definition) is 15. The van der Waals surface area contributed by atoms with Gasteiger partial charge in [0.05, 0.1) is 0 Å². The molecule has 21 heteroatoms. The second-order valence-corrected chi connectivity index (χ2v) is 84.7. The summed E-state index contributed by atoms with van der Waals surface area (Å²) in [6.07, 6.45) is 9.54. The average Bonchev–Trinajstić information content (AvgIpc) is 0.608. The van der Waals surface area contributed by atoms with Gasteiger partial charge >= 0.3 is 602 Å². The summed E-state index contributed by atoms with van der Waals surface area (Å²) < 4.78 is 133. The Morgan fingerprint density at radius 2 is 0.198 bits per heavy atom. The minimum absolute atomic E-state index is 0.181. The fourth-order valence-electron chi connectivity index (χ4n) is 9.69. The molecular formula is C75H170FeO15P5. The van der Waals surface area contributed by atoms with E-state index in [2.05, 4.69) is 208 Å². The van der Waals surface area contributed by atoms with Gasteiger partial charge in [-0.3, -0.25) is 0 Å². The first-order valence-electron chi connectivity index (χ1n) is 39.2. The molecule has 0 saturated carbocycles. The molecule has 0 unspecified atom stereocenters.